The zero-order valence-electron chi connectivity index (χ0n) is 7.53. The van der Waals surface area contributed by atoms with Gasteiger partial charge in [0.2, 0.25) is 0 Å². The fraction of sp³-hybridized carbons (Fsp3) is 0.167. The first-order valence-electron chi connectivity index (χ1n) is 4.58. The average molecular weight is 166 g/mol. The molecule has 0 bridgehead atoms. The second kappa shape index (κ2) is 3.65. The number of benzene rings is 1. The van der Waals surface area contributed by atoms with E-state index in [-0.39, 0.29) is 0 Å². The summed E-state index contributed by atoms with van der Waals surface area (Å²) in [6, 6.07) is 10.3. The zero-order valence-corrected chi connectivity index (χ0v) is 7.53. The van der Waals surface area contributed by atoms with Crippen molar-refractivity contribution in [2.75, 3.05) is 0 Å². The Balaban J connectivity index is 2.41. The third kappa shape index (κ3) is 1.75. The fourth-order valence-electron chi connectivity index (χ4n) is 1.58. The molecule has 0 nitrogen and oxygen atoms in total. The lowest BCUT2D eigenvalue weighted by Crippen LogP contribution is -1.93. The van der Waals surface area contributed by atoms with Crippen LogP contribution in [0.15, 0.2) is 48.0 Å². The fourth-order valence-corrected chi connectivity index (χ4v) is 1.58. The van der Waals surface area contributed by atoms with Crippen LogP contribution in [0.3, 0.4) is 0 Å². The minimum atomic E-state index is 0.987. The van der Waals surface area contributed by atoms with E-state index < -0.39 is 0 Å². The molecule has 13 heavy (non-hydrogen) atoms. The Kier molecular flexibility index (Phi) is 2.35. The van der Waals surface area contributed by atoms with Crippen LogP contribution in [0.2, 0.25) is 0 Å². The lowest BCUT2D eigenvalue weighted by atomic mass is 9.81. The molecule has 0 aliphatic heterocycles. The third-order valence-corrected chi connectivity index (χ3v) is 2.30. The van der Waals surface area contributed by atoms with Gasteiger partial charge in [0, 0.05) is 0 Å². The van der Waals surface area contributed by atoms with Gasteiger partial charge in [0.1, 0.15) is 7.85 Å². The first-order valence-corrected chi connectivity index (χ1v) is 4.58. The maximum absolute atomic E-state index is 5.94. The molecule has 0 saturated carbocycles. The van der Waals surface area contributed by atoms with E-state index in [0.717, 1.165) is 18.3 Å². The van der Waals surface area contributed by atoms with Crippen molar-refractivity contribution in [2.45, 2.75) is 12.8 Å². The molecule has 1 aliphatic carbocycles. The Morgan fingerprint density at radius 3 is 2.54 bits per heavy atom. The van der Waals surface area contributed by atoms with Gasteiger partial charge in [-0.05, 0) is 24.0 Å². The standard InChI is InChI=1S/C12H11B/c13-12-9-5-4-8-11(12)10-6-2-1-3-7-10/h1-4,6-8H,5,9H2. The summed E-state index contributed by atoms with van der Waals surface area (Å²) in [5.41, 5.74) is 3.41. The van der Waals surface area contributed by atoms with Gasteiger partial charge in [-0.25, -0.2) is 0 Å². The summed E-state index contributed by atoms with van der Waals surface area (Å²) in [7, 11) is 5.94. The normalized spacial score (nSPS) is 16.3. The largest absolute Gasteiger partial charge is 0.110 e. The van der Waals surface area contributed by atoms with E-state index in [0.29, 0.717) is 0 Å². The number of hydrogen-bond donors (Lipinski definition) is 0. The lowest BCUT2D eigenvalue weighted by molar-refractivity contribution is 1.02. The van der Waals surface area contributed by atoms with Crippen LogP contribution >= 0.6 is 0 Å². The molecule has 1 aromatic rings. The van der Waals surface area contributed by atoms with E-state index >= 15 is 0 Å². The van der Waals surface area contributed by atoms with E-state index in [2.05, 4.69) is 24.3 Å². The summed E-state index contributed by atoms with van der Waals surface area (Å²) in [5, 5.41) is 0. The summed E-state index contributed by atoms with van der Waals surface area (Å²) < 4.78 is 0. The Bertz CT molecular complexity index is 347. The predicted molar refractivity (Wildman–Crippen MR) is 57.5 cm³/mol. The van der Waals surface area contributed by atoms with Crippen molar-refractivity contribution in [3.05, 3.63) is 53.5 Å². The Labute approximate surface area is 80.4 Å². The van der Waals surface area contributed by atoms with E-state index in [1.807, 2.05) is 18.2 Å². The highest BCUT2D eigenvalue weighted by atomic mass is 14.1. The van der Waals surface area contributed by atoms with Gasteiger partial charge in [0.05, 0.1) is 0 Å². The highest BCUT2D eigenvalue weighted by Gasteiger charge is 2.04. The first kappa shape index (κ1) is 8.37. The minimum Gasteiger partial charge on any atom is -0.110 e. The third-order valence-electron chi connectivity index (χ3n) is 2.30. The van der Waals surface area contributed by atoms with Crippen molar-refractivity contribution in [3.63, 3.8) is 0 Å². The van der Waals surface area contributed by atoms with Crippen molar-refractivity contribution < 1.29 is 0 Å². The van der Waals surface area contributed by atoms with Gasteiger partial charge < -0.3 is 0 Å². The molecule has 2 rings (SSSR count). The molecular weight excluding hydrogens is 155 g/mol. The van der Waals surface area contributed by atoms with Crippen molar-refractivity contribution >= 4 is 13.4 Å². The average Bonchev–Trinajstić information content (AvgIpc) is 2.20. The summed E-state index contributed by atoms with van der Waals surface area (Å²) >= 11 is 0. The highest BCUT2D eigenvalue weighted by molar-refractivity contribution is 6.26. The van der Waals surface area contributed by atoms with Crippen LogP contribution in [0.4, 0.5) is 0 Å². The smallest absolute Gasteiger partial charge is 0.108 e. The van der Waals surface area contributed by atoms with Crippen molar-refractivity contribution in [1.82, 2.24) is 0 Å². The van der Waals surface area contributed by atoms with E-state index in [1.54, 1.807) is 0 Å². The van der Waals surface area contributed by atoms with Gasteiger partial charge in [-0.3, -0.25) is 0 Å². The summed E-state index contributed by atoms with van der Waals surface area (Å²) in [6.45, 7) is 0. The molecule has 0 N–H and O–H groups in total. The van der Waals surface area contributed by atoms with Crippen LogP contribution in [-0.4, -0.2) is 7.85 Å². The molecule has 0 atom stereocenters. The number of allylic oxidation sites excluding steroid dienone is 4. The zero-order chi connectivity index (χ0) is 9.10. The molecule has 0 aromatic heterocycles. The maximum Gasteiger partial charge on any atom is 0.108 e. The predicted octanol–water partition coefficient (Wildman–Crippen LogP) is 2.92. The van der Waals surface area contributed by atoms with Gasteiger partial charge in [-0.1, -0.05) is 42.5 Å². The van der Waals surface area contributed by atoms with Gasteiger partial charge in [-0.15, -0.1) is 5.47 Å². The van der Waals surface area contributed by atoms with Gasteiger partial charge >= 0.3 is 0 Å². The molecule has 1 aromatic carbocycles. The molecule has 1 aliphatic rings. The minimum absolute atomic E-state index is 0.987. The molecule has 2 radical (unpaired) electrons. The first-order chi connectivity index (χ1) is 6.38. The molecule has 0 heterocycles. The highest BCUT2D eigenvalue weighted by Crippen LogP contribution is 2.25. The van der Waals surface area contributed by atoms with Crippen LogP contribution in [-0.2, 0) is 0 Å². The van der Waals surface area contributed by atoms with Crippen LogP contribution in [0, 0.1) is 0 Å². The maximum atomic E-state index is 5.94. The second-order valence-corrected chi connectivity index (χ2v) is 3.25. The molecule has 0 saturated heterocycles. The molecule has 0 spiro atoms. The molecule has 0 amide bonds. The van der Waals surface area contributed by atoms with Gasteiger partial charge in [-0.2, -0.15) is 0 Å². The Morgan fingerprint density at radius 1 is 1.08 bits per heavy atom. The molecule has 0 unspecified atom stereocenters. The van der Waals surface area contributed by atoms with E-state index in [1.165, 1.54) is 11.1 Å². The monoisotopic (exact) mass is 166 g/mol. The van der Waals surface area contributed by atoms with Crippen molar-refractivity contribution in [3.8, 4) is 0 Å². The quantitative estimate of drug-likeness (QED) is 0.562. The van der Waals surface area contributed by atoms with Crippen molar-refractivity contribution in [2.24, 2.45) is 0 Å². The van der Waals surface area contributed by atoms with E-state index in [4.69, 9.17) is 7.85 Å². The number of hydrogen-bond acceptors (Lipinski definition) is 0. The number of rotatable bonds is 1. The summed E-state index contributed by atoms with van der Waals surface area (Å²) in [6.07, 6.45) is 6.36. The van der Waals surface area contributed by atoms with Crippen molar-refractivity contribution in [1.29, 1.82) is 0 Å². The Morgan fingerprint density at radius 2 is 1.85 bits per heavy atom. The van der Waals surface area contributed by atoms with Crippen LogP contribution in [0.1, 0.15) is 18.4 Å². The van der Waals surface area contributed by atoms with Crippen LogP contribution < -0.4 is 0 Å². The lowest BCUT2D eigenvalue weighted by Gasteiger charge is -2.12. The van der Waals surface area contributed by atoms with Gasteiger partial charge in [0.15, 0.2) is 0 Å². The molecule has 1 heteroatoms. The van der Waals surface area contributed by atoms with E-state index in [9.17, 15) is 0 Å². The molecule has 0 fully saturated rings. The second-order valence-electron chi connectivity index (χ2n) is 3.25. The Hall–Kier alpha value is -1.24. The SMILES string of the molecule is [B]C1=C(c2ccccc2)C=CCC1. The van der Waals surface area contributed by atoms with Crippen LogP contribution in [0.25, 0.3) is 5.57 Å². The summed E-state index contributed by atoms with van der Waals surface area (Å²) in [4.78, 5) is 0. The molecular formula is C12H11B. The summed E-state index contributed by atoms with van der Waals surface area (Å²) in [5.74, 6) is 0. The topological polar surface area (TPSA) is 0 Å². The molecule has 62 valence electrons. The van der Waals surface area contributed by atoms with Crippen LogP contribution in [0.5, 0.6) is 0 Å². The van der Waals surface area contributed by atoms with Gasteiger partial charge in [0.25, 0.3) is 0 Å².